The normalized spacial score (nSPS) is 19.4. The van der Waals surface area contributed by atoms with Crippen LogP contribution in [-0.2, 0) is 11.2 Å². The Morgan fingerprint density at radius 3 is 2.63 bits per heavy atom. The molecule has 2 N–H and O–H groups in total. The van der Waals surface area contributed by atoms with Crippen LogP contribution in [0.2, 0.25) is 0 Å². The highest BCUT2D eigenvalue weighted by molar-refractivity contribution is 8.00. The number of nitriles is 1. The van der Waals surface area contributed by atoms with Gasteiger partial charge in [0.2, 0.25) is 5.91 Å². The van der Waals surface area contributed by atoms with Gasteiger partial charge >= 0.3 is 0 Å². The molecule has 0 saturated carbocycles. The number of anilines is 1. The summed E-state index contributed by atoms with van der Waals surface area (Å²) in [7, 11) is 0. The maximum atomic E-state index is 13.1. The third-order valence-corrected chi connectivity index (χ3v) is 6.92. The van der Waals surface area contributed by atoms with Crippen molar-refractivity contribution in [2.45, 2.75) is 43.0 Å². The maximum absolute atomic E-state index is 13.1. The zero-order valence-electron chi connectivity index (χ0n) is 17.6. The van der Waals surface area contributed by atoms with Crippen LogP contribution in [0.1, 0.15) is 31.9 Å². The minimum absolute atomic E-state index is 0.122. The van der Waals surface area contributed by atoms with Gasteiger partial charge < -0.3 is 10.6 Å². The fourth-order valence-corrected chi connectivity index (χ4v) is 5.17. The minimum atomic E-state index is -0.210. The van der Waals surface area contributed by atoms with E-state index in [0.29, 0.717) is 23.6 Å². The number of benzene rings is 1. The fraction of sp³-hybridized carbons (Fsp3) is 0.455. The van der Waals surface area contributed by atoms with Gasteiger partial charge in [-0.1, -0.05) is 23.9 Å². The van der Waals surface area contributed by atoms with Crippen LogP contribution in [-0.4, -0.2) is 62.6 Å². The van der Waals surface area contributed by atoms with Crippen molar-refractivity contribution < 1.29 is 4.79 Å². The molecule has 0 spiro atoms. The smallest absolute Gasteiger partial charge is 0.236 e. The van der Waals surface area contributed by atoms with E-state index in [-0.39, 0.29) is 16.7 Å². The lowest BCUT2D eigenvalue weighted by molar-refractivity contribution is -0.133. The molecular formula is C22H26N6OS. The van der Waals surface area contributed by atoms with Gasteiger partial charge in [0.25, 0.3) is 0 Å². The van der Waals surface area contributed by atoms with Crippen molar-refractivity contribution in [3.63, 3.8) is 0 Å². The number of aromatic nitrogens is 2. The Labute approximate surface area is 181 Å². The average molecular weight is 423 g/mol. The standard InChI is InChI=1S/C22H26N6OS/c1-22(2,3)28-9-7-27(8-10-28)21(29)17-12-16-18(24)25-19(26-20(16)30-17)15-6-4-5-14(11-15)13-23/h4-6,11,17H,7-10,12H2,1-3H3,(H2,24,25,26). The number of carbonyl (C=O) groups excluding carboxylic acids is 1. The van der Waals surface area contributed by atoms with Crippen molar-refractivity contribution >= 4 is 23.5 Å². The number of carbonyl (C=O) groups is 1. The number of rotatable bonds is 2. The van der Waals surface area contributed by atoms with Crippen LogP contribution in [0.25, 0.3) is 11.4 Å². The van der Waals surface area contributed by atoms with Crippen LogP contribution in [0, 0.1) is 11.3 Å². The van der Waals surface area contributed by atoms with E-state index in [9.17, 15) is 4.79 Å². The topological polar surface area (TPSA) is 99.1 Å². The van der Waals surface area contributed by atoms with Gasteiger partial charge in [0.15, 0.2) is 5.82 Å². The molecule has 1 fully saturated rings. The predicted molar refractivity (Wildman–Crippen MR) is 118 cm³/mol. The molecule has 1 aromatic carbocycles. The number of hydrogen-bond acceptors (Lipinski definition) is 7. The molecule has 1 atom stereocenters. The molecule has 7 nitrogen and oxygen atoms in total. The summed E-state index contributed by atoms with van der Waals surface area (Å²) < 4.78 is 0. The number of nitrogens with two attached hydrogens (primary N) is 1. The third-order valence-electron chi connectivity index (χ3n) is 5.71. The molecular weight excluding hydrogens is 396 g/mol. The maximum Gasteiger partial charge on any atom is 0.236 e. The number of fused-ring (bicyclic) bond motifs is 1. The summed E-state index contributed by atoms with van der Waals surface area (Å²) in [5.41, 5.74) is 8.50. The number of piperazine rings is 1. The summed E-state index contributed by atoms with van der Waals surface area (Å²) in [6.07, 6.45) is 0.558. The molecule has 3 heterocycles. The second-order valence-electron chi connectivity index (χ2n) is 8.70. The van der Waals surface area contributed by atoms with E-state index in [0.717, 1.165) is 42.3 Å². The lowest BCUT2D eigenvalue weighted by atomic mass is 10.0. The highest BCUT2D eigenvalue weighted by Crippen LogP contribution is 2.40. The van der Waals surface area contributed by atoms with Crippen molar-refractivity contribution in [3.05, 3.63) is 35.4 Å². The summed E-state index contributed by atoms with van der Waals surface area (Å²) in [6.45, 7) is 9.90. The van der Waals surface area contributed by atoms with E-state index in [1.54, 1.807) is 18.2 Å². The van der Waals surface area contributed by atoms with Crippen LogP contribution >= 0.6 is 11.8 Å². The summed E-state index contributed by atoms with van der Waals surface area (Å²) in [5, 5.41) is 9.69. The van der Waals surface area contributed by atoms with Gasteiger partial charge in [-0.2, -0.15) is 5.26 Å². The summed E-state index contributed by atoms with van der Waals surface area (Å²) >= 11 is 1.48. The molecule has 0 aliphatic carbocycles. The lowest BCUT2D eigenvalue weighted by Gasteiger charge is -2.42. The molecule has 0 bridgehead atoms. The van der Waals surface area contributed by atoms with Gasteiger partial charge in [-0.05, 0) is 39.3 Å². The Hall–Kier alpha value is -2.63. The van der Waals surface area contributed by atoms with Crippen molar-refractivity contribution in [1.29, 1.82) is 5.26 Å². The zero-order valence-corrected chi connectivity index (χ0v) is 18.4. The van der Waals surface area contributed by atoms with E-state index in [1.807, 2.05) is 11.0 Å². The van der Waals surface area contributed by atoms with Gasteiger partial charge in [0, 0.05) is 42.8 Å². The molecule has 1 aromatic heterocycles. The minimum Gasteiger partial charge on any atom is -0.383 e. The quantitative estimate of drug-likeness (QED) is 0.743. The lowest BCUT2D eigenvalue weighted by Crippen LogP contribution is -2.55. The van der Waals surface area contributed by atoms with E-state index in [2.05, 4.69) is 41.7 Å². The average Bonchev–Trinajstić information content (AvgIpc) is 3.17. The van der Waals surface area contributed by atoms with Crippen molar-refractivity contribution in [1.82, 2.24) is 19.8 Å². The van der Waals surface area contributed by atoms with Crippen LogP contribution in [0.15, 0.2) is 29.3 Å². The molecule has 1 unspecified atom stereocenters. The van der Waals surface area contributed by atoms with Gasteiger partial charge in [-0.25, -0.2) is 9.97 Å². The van der Waals surface area contributed by atoms with E-state index < -0.39 is 0 Å². The summed E-state index contributed by atoms with van der Waals surface area (Å²) in [6, 6.07) is 9.28. The molecule has 2 aliphatic heterocycles. The first kappa shape index (κ1) is 20.6. The predicted octanol–water partition coefficient (Wildman–Crippen LogP) is 2.56. The molecule has 1 saturated heterocycles. The molecule has 2 aliphatic rings. The molecule has 156 valence electrons. The van der Waals surface area contributed by atoms with E-state index in [4.69, 9.17) is 11.0 Å². The Bertz CT molecular complexity index is 1020. The van der Waals surface area contributed by atoms with Crippen LogP contribution in [0.4, 0.5) is 5.82 Å². The molecule has 0 radical (unpaired) electrons. The number of amides is 1. The highest BCUT2D eigenvalue weighted by Gasteiger charge is 2.36. The summed E-state index contributed by atoms with van der Waals surface area (Å²) in [4.78, 5) is 26.6. The van der Waals surface area contributed by atoms with Crippen molar-refractivity contribution in [2.24, 2.45) is 0 Å². The molecule has 30 heavy (non-hydrogen) atoms. The Kier molecular flexibility index (Phi) is 5.43. The largest absolute Gasteiger partial charge is 0.383 e. The van der Waals surface area contributed by atoms with Crippen molar-refractivity contribution in [2.75, 3.05) is 31.9 Å². The zero-order chi connectivity index (χ0) is 21.5. The second kappa shape index (κ2) is 7.89. The van der Waals surface area contributed by atoms with Crippen LogP contribution in [0.5, 0.6) is 0 Å². The Morgan fingerprint density at radius 2 is 1.97 bits per heavy atom. The van der Waals surface area contributed by atoms with Gasteiger partial charge in [0.05, 0.1) is 16.9 Å². The first-order valence-corrected chi connectivity index (χ1v) is 11.0. The number of hydrogen-bond donors (Lipinski definition) is 1. The fourth-order valence-electron chi connectivity index (χ4n) is 3.93. The van der Waals surface area contributed by atoms with Crippen LogP contribution in [0.3, 0.4) is 0 Å². The van der Waals surface area contributed by atoms with E-state index in [1.165, 1.54) is 11.8 Å². The molecule has 2 aromatic rings. The SMILES string of the molecule is CC(C)(C)N1CCN(C(=O)C2Cc3c(N)nc(-c4cccc(C#N)c4)nc3S2)CC1. The van der Waals surface area contributed by atoms with Gasteiger partial charge in [0.1, 0.15) is 10.8 Å². The Morgan fingerprint density at radius 1 is 1.23 bits per heavy atom. The number of nitrogens with zero attached hydrogens (tertiary/aromatic N) is 5. The molecule has 4 rings (SSSR count). The molecule has 1 amide bonds. The van der Waals surface area contributed by atoms with Gasteiger partial charge in [-0.15, -0.1) is 0 Å². The second-order valence-corrected chi connectivity index (χ2v) is 9.89. The first-order valence-electron chi connectivity index (χ1n) is 10.1. The van der Waals surface area contributed by atoms with E-state index >= 15 is 0 Å². The Balaban J connectivity index is 1.49. The van der Waals surface area contributed by atoms with Gasteiger partial charge in [-0.3, -0.25) is 9.69 Å². The van der Waals surface area contributed by atoms with Crippen molar-refractivity contribution in [3.8, 4) is 17.5 Å². The monoisotopic (exact) mass is 422 g/mol. The first-order chi connectivity index (χ1) is 14.3. The summed E-state index contributed by atoms with van der Waals surface area (Å²) in [5.74, 6) is 1.06. The molecule has 8 heteroatoms. The number of thioether (sulfide) groups is 1. The number of nitrogen functional groups attached to an aromatic ring is 1. The van der Waals surface area contributed by atoms with Crippen LogP contribution < -0.4 is 5.73 Å². The third kappa shape index (κ3) is 4.00. The highest BCUT2D eigenvalue weighted by atomic mass is 32.2.